The van der Waals surface area contributed by atoms with E-state index < -0.39 is 6.04 Å². The fourth-order valence-corrected chi connectivity index (χ4v) is 3.93. The topological polar surface area (TPSA) is 58.6 Å². The van der Waals surface area contributed by atoms with E-state index in [2.05, 4.69) is 5.32 Å². The van der Waals surface area contributed by atoms with Crippen molar-refractivity contribution in [3.05, 3.63) is 100 Å². The van der Waals surface area contributed by atoms with Gasteiger partial charge >= 0.3 is 0 Å². The Morgan fingerprint density at radius 3 is 2.26 bits per heavy atom. The predicted octanol–water partition coefficient (Wildman–Crippen LogP) is 5.54. The molecule has 0 aliphatic heterocycles. The predicted molar refractivity (Wildman–Crippen MR) is 136 cm³/mol. The first-order valence-corrected chi connectivity index (χ1v) is 12.0. The molecule has 178 valence electrons. The van der Waals surface area contributed by atoms with Crippen LogP contribution < -0.4 is 10.1 Å². The van der Waals surface area contributed by atoms with Gasteiger partial charge in [0, 0.05) is 29.6 Å². The van der Waals surface area contributed by atoms with Crippen LogP contribution in [-0.2, 0) is 22.6 Å². The average molecular weight is 499 g/mol. The molecule has 0 aromatic heterocycles. The number of amides is 2. The molecule has 2 amide bonds. The van der Waals surface area contributed by atoms with Crippen molar-refractivity contribution in [2.75, 3.05) is 13.2 Å². The van der Waals surface area contributed by atoms with E-state index in [0.29, 0.717) is 28.8 Å². The van der Waals surface area contributed by atoms with E-state index in [4.69, 9.17) is 27.9 Å². The maximum absolute atomic E-state index is 13.5. The number of rotatable bonds is 11. The molecule has 0 aliphatic rings. The van der Waals surface area contributed by atoms with Gasteiger partial charge in [0.15, 0.2) is 6.61 Å². The number of hydrogen-bond acceptors (Lipinski definition) is 3. The van der Waals surface area contributed by atoms with E-state index in [1.165, 1.54) is 0 Å². The van der Waals surface area contributed by atoms with Crippen molar-refractivity contribution >= 4 is 35.0 Å². The van der Waals surface area contributed by atoms with Gasteiger partial charge in [-0.1, -0.05) is 78.7 Å². The third-order valence-corrected chi connectivity index (χ3v) is 5.69. The molecule has 0 saturated heterocycles. The highest BCUT2D eigenvalue weighted by atomic mass is 35.5. The Morgan fingerprint density at radius 1 is 0.912 bits per heavy atom. The third kappa shape index (κ3) is 7.79. The molecule has 3 aromatic carbocycles. The van der Waals surface area contributed by atoms with Crippen molar-refractivity contribution in [2.45, 2.75) is 32.4 Å². The highest BCUT2D eigenvalue weighted by Crippen LogP contribution is 2.20. The molecule has 3 rings (SSSR count). The van der Waals surface area contributed by atoms with Crippen LogP contribution in [0.4, 0.5) is 0 Å². The summed E-state index contributed by atoms with van der Waals surface area (Å²) in [5.41, 5.74) is 1.78. The fourth-order valence-electron chi connectivity index (χ4n) is 3.54. The number of benzene rings is 3. The first-order chi connectivity index (χ1) is 16.5. The van der Waals surface area contributed by atoms with Crippen LogP contribution in [0.2, 0.25) is 10.0 Å². The molecule has 0 saturated carbocycles. The zero-order valence-corrected chi connectivity index (χ0v) is 20.6. The molecule has 0 radical (unpaired) electrons. The summed E-state index contributed by atoms with van der Waals surface area (Å²) in [5, 5.41) is 4.03. The third-order valence-electron chi connectivity index (χ3n) is 5.22. The number of carbonyl (C=O) groups excluding carboxylic acids is 2. The fraction of sp³-hybridized carbons (Fsp3) is 0.259. The molecule has 0 bridgehead atoms. The van der Waals surface area contributed by atoms with Crippen molar-refractivity contribution in [1.29, 1.82) is 0 Å². The van der Waals surface area contributed by atoms with Crippen LogP contribution in [0.3, 0.4) is 0 Å². The molecular weight excluding hydrogens is 471 g/mol. The zero-order chi connectivity index (χ0) is 24.3. The van der Waals surface area contributed by atoms with Crippen LogP contribution in [0.1, 0.15) is 24.5 Å². The van der Waals surface area contributed by atoms with Crippen molar-refractivity contribution in [1.82, 2.24) is 10.2 Å². The Kier molecular flexibility index (Phi) is 9.80. The molecule has 1 atom stereocenters. The van der Waals surface area contributed by atoms with E-state index in [1.54, 1.807) is 41.3 Å². The van der Waals surface area contributed by atoms with E-state index in [1.807, 2.05) is 49.4 Å². The smallest absolute Gasteiger partial charge is 0.261 e. The molecule has 0 spiro atoms. The van der Waals surface area contributed by atoms with Crippen molar-refractivity contribution in [3.8, 4) is 5.75 Å². The number of ether oxygens (including phenoxy) is 1. The van der Waals surface area contributed by atoms with Crippen LogP contribution in [0.15, 0.2) is 78.9 Å². The Labute approximate surface area is 210 Å². The van der Waals surface area contributed by atoms with E-state index in [0.717, 1.165) is 17.5 Å². The van der Waals surface area contributed by atoms with Crippen LogP contribution in [0.25, 0.3) is 0 Å². The van der Waals surface area contributed by atoms with Crippen LogP contribution in [0.5, 0.6) is 5.75 Å². The van der Waals surface area contributed by atoms with Crippen LogP contribution in [0, 0.1) is 0 Å². The quantitative estimate of drug-likeness (QED) is 0.377. The molecule has 0 fully saturated rings. The standard InChI is InChI=1S/C27H28Cl2N2O3/c1-2-14-30-27(33)25(16-20-8-4-3-5-9-20)31(18-21-10-6-11-22(28)15-21)26(32)19-34-24-13-7-12-23(29)17-24/h3-13,15,17,25H,2,14,16,18-19H2,1H3,(H,30,33)/t25-/m0/s1. The van der Waals surface area contributed by atoms with E-state index in [9.17, 15) is 9.59 Å². The molecule has 34 heavy (non-hydrogen) atoms. The number of carbonyl (C=O) groups is 2. The van der Waals surface area contributed by atoms with Gasteiger partial charge < -0.3 is 15.0 Å². The SMILES string of the molecule is CCCNC(=O)[C@H](Cc1ccccc1)N(Cc1cccc(Cl)c1)C(=O)COc1cccc(Cl)c1. The highest BCUT2D eigenvalue weighted by Gasteiger charge is 2.30. The second-order valence-corrected chi connectivity index (χ2v) is 8.77. The molecule has 3 aromatic rings. The number of nitrogens with zero attached hydrogens (tertiary/aromatic N) is 1. The monoisotopic (exact) mass is 498 g/mol. The number of nitrogens with one attached hydrogen (secondary N) is 1. The molecule has 1 N–H and O–H groups in total. The normalized spacial score (nSPS) is 11.5. The zero-order valence-electron chi connectivity index (χ0n) is 19.0. The van der Waals surface area contributed by atoms with E-state index in [-0.39, 0.29) is 25.0 Å². The minimum atomic E-state index is -0.719. The van der Waals surface area contributed by atoms with Gasteiger partial charge in [-0.25, -0.2) is 0 Å². The summed E-state index contributed by atoms with van der Waals surface area (Å²) in [6.45, 7) is 2.51. The molecule has 0 heterocycles. The van der Waals surface area contributed by atoms with Crippen LogP contribution in [-0.4, -0.2) is 35.9 Å². The second-order valence-electron chi connectivity index (χ2n) is 7.89. The Bertz CT molecular complexity index is 1090. The van der Waals surface area contributed by atoms with Gasteiger partial charge in [-0.3, -0.25) is 9.59 Å². The van der Waals surface area contributed by atoms with Gasteiger partial charge in [-0.2, -0.15) is 0 Å². The van der Waals surface area contributed by atoms with Crippen molar-refractivity contribution in [3.63, 3.8) is 0 Å². The summed E-state index contributed by atoms with van der Waals surface area (Å²) in [5.74, 6) is -0.0324. The molecule has 0 unspecified atom stereocenters. The largest absolute Gasteiger partial charge is 0.484 e. The first-order valence-electron chi connectivity index (χ1n) is 11.2. The molecule has 5 nitrogen and oxygen atoms in total. The lowest BCUT2D eigenvalue weighted by Crippen LogP contribution is -2.51. The first kappa shape index (κ1) is 25.6. The lowest BCUT2D eigenvalue weighted by atomic mass is 10.0. The summed E-state index contributed by atoms with van der Waals surface area (Å²) in [6.07, 6.45) is 1.17. The van der Waals surface area contributed by atoms with Gasteiger partial charge in [0.2, 0.25) is 5.91 Å². The molecular formula is C27H28Cl2N2O3. The average Bonchev–Trinajstić information content (AvgIpc) is 2.84. The van der Waals surface area contributed by atoms with Gasteiger partial charge in [-0.05, 0) is 47.9 Å². The maximum Gasteiger partial charge on any atom is 0.261 e. The maximum atomic E-state index is 13.5. The Balaban J connectivity index is 1.89. The second kappa shape index (κ2) is 13.0. The summed E-state index contributed by atoms with van der Waals surface area (Å²) < 4.78 is 5.72. The van der Waals surface area contributed by atoms with Crippen LogP contribution >= 0.6 is 23.2 Å². The number of hydrogen-bond donors (Lipinski definition) is 1. The summed E-state index contributed by atoms with van der Waals surface area (Å²) in [4.78, 5) is 28.3. The molecule has 0 aliphatic carbocycles. The number of halogens is 2. The molecule has 7 heteroatoms. The van der Waals surface area contributed by atoms with Gasteiger partial charge in [-0.15, -0.1) is 0 Å². The minimum absolute atomic E-state index is 0.205. The van der Waals surface area contributed by atoms with E-state index >= 15 is 0 Å². The lowest BCUT2D eigenvalue weighted by molar-refractivity contribution is -0.142. The minimum Gasteiger partial charge on any atom is -0.484 e. The summed E-state index contributed by atoms with van der Waals surface area (Å²) >= 11 is 12.2. The van der Waals surface area contributed by atoms with Crippen molar-refractivity contribution < 1.29 is 14.3 Å². The lowest BCUT2D eigenvalue weighted by Gasteiger charge is -2.31. The van der Waals surface area contributed by atoms with Gasteiger partial charge in [0.25, 0.3) is 5.91 Å². The van der Waals surface area contributed by atoms with Crippen molar-refractivity contribution in [2.24, 2.45) is 0 Å². The highest BCUT2D eigenvalue weighted by molar-refractivity contribution is 6.30. The Hall–Kier alpha value is -3.02. The van der Waals surface area contributed by atoms with Gasteiger partial charge in [0.1, 0.15) is 11.8 Å². The Morgan fingerprint density at radius 2 is 1.59 bits per heavy atom. The summed E-state index contributed by atoms with van der Waals surface area (Å²) in [7, 11) is 0. The summed E-state index contributed by atoms with van der Waals surface area (Å²) in [6, 6.07) is 23.1. The van der Waals surface area contributed by atoms with Gasteiger partial charge in [0.05, 0.1) is 0 Å².